The van der Waals surface area contributed by atoms with Gasteiger partial charge in [0.15, 0.2) is 0 Å². The van der Waals surface area contributed by atoms with E-state index in [0.717, 1.165) is 44.2 Å². The highest BCUT2D eigenvalue weighted by atomic mass is 19.4. The van der Waals surface area contributed by atoms with Gasteiger partial charge in [-0.3, -0.25) is 9.58 Å². The summed E-state index contributed by atoms with van der Waals surface area (Å²) in [6.07, 6.45) is 1.23. The lowest BCUT2D eigenvalue weighted by atomic mass is 9.97. The minimum Gasteiger partial charge on any atom is -0.338 e. The molecule has 24 heavy (non-hydrogen) atoms. The van der Waals surface area contributed by atoms with Crippen molar-refractivity contribution in [3.8, 4) is 0 Å². The summed E-state index contributed by atoms with van der Waals surface area (Å²) in [6.45, 7) is 4.51. The Morgan fingerprint density at radius 3 is 2.83 bits per heavy atom. The van der Waals surface area contributed by atoms with Gasteiger partial charge in [0.25, 0.3) is 0 Å². The molecule has 1 N–H and O–H groups in total. The van der Waals surface area contributed by atoms with Gasteiger partial charge < -0.3 is 4.98 Å². The number of H-pyrrole nitrogens is 1. The molecule has 8 heteroatoms. The van der Waals surface area contributed by atoms with E-state index in [1.165, 1.54) is 5.56 Å². The molecule has 3 rings (SSSR count). The van der Waals surface area contributed by atoms with E-state index in [9.17, 15) is 13.2 Å². The second kappa shape index (κ2) is 6.58. The van der Waals surface area contributed by atoms with Crippen LogP contribution in [0.3, 0.4) is 0 Å². The molecular weight excluding hydrogens is 319 g/mol. The molecule has 0 radical (unpaired) electrons. The molecule has 3 heterocycles. The first-order valence-electron chi connectivity index (χ1n) is 8.22. The number of rotatable bonds is 4. The third kappa shape index (κ3) is 3.63. The Morgan fingerprint density at radius 2 is 2.17 bits per heavy atom. The Balaban J connectivity index is 1.69. The quantitative estimate of drug-likeness (QED) is 0.930. The van der Waals surface area contributed by atoms with Crippen molar-refractivity contribution in [2.24, 2.45) is 7.05 Å². The van der Waals surface area contributed by atoms with Crippen molar-refractivity contribution in [1.82, 2.24) is 24.6 Å². The maximum atomic E-state index is 12.7. The first kappa shape index (κ1) is 17.0. The van der Waals surface area contributed by atoms with Gasteiger partial charge in [0, 0.05) is 37.8 Å². The van der Waals surface area contributed by atoms with Crippen LogP contribution >= 0.6 is 0 Å². The minimum absolute atomic E-state index is 0.0107. The van der Waals surface area contributed by atoms with E-state index in [1.54, 1.807) is 0 Å². The molecule has 0 amide bonds. The van der Waals surface area contributed by atoms with Crippen LogP contribution in [0.5, 0.6) is 0 Å². The van der Waals surface area contributed by atoms with Crippen molar-refractivity contribution in [2.75, 3.05) is 13.1 Å². The summed E-state index contributed by atoms with van der Waals surface area (Å²) < 4.78 is 40.0. The number of alkyl halides is 3. The molecule has 1 saturated heterocycles. The number of hydrogen-bond donors (Lipinski definition) is 1. The summed E-state index contributed by atoms with van der Waals surface area (Å²) >= 11 is 0. The molecule has 0 saturated carbocycles. The van der Waals surface area contributed by atoms with Crippen molar-refractivity contribution in [2.45, 2.75) is 44.8 Å². The zero-order valence-corrected chi connectivity index (χ0v) is 13.9. The molecule has 0 aliphatic carbocycles. The maximum absolute atomic E-state index is 12.7. The van der Waals surface area contributed by atoms with Crippen LogP contribution in [0.25, 0.3) is 0 Å². The summed E-state index contributed by atoms with van der Waals surface area (Å²) in [4.78, 5) is 8.70. The monoisotopic (exact) mass is 341 g/mol. The zero-order chi connectivity index (χ0) is 17.3. The number of piperidine rings is 1. The number of nitrogens with one attached hydrogen (secondary N) is 1. The van der Waals surface area contributed by atoms with Gasteiger partial charge in [-0.25, -0.2) is 4.98 Å². The summed E-state index contributed by atoms with van der Waals surface area (Å²) in [5.41, 5.74) is 1.50. The molecule has 2 aromatic heterocycles. The Morgan fingerprint density at radius 1 is 1.38 bits per heavy atom. The van der Waals surface area contributed by atoms with Crippen LogP contribution in [-0.2, 0) is 26.2 Å². The van der Waals surface area contributed by atoms with E-state index in [1.807, 2.05) is 17.9 Å². The van der Waals surface area contributed by atoms with Gasteiger partial charge in [-0.2, -0.15) is 18.3 Å². The average Bonchev–Trinajstić information content (AvgIpc) is 3.14. The number of likely N-dealkylation sites (tertiary alicyclic amines) is 1. The fourth-order valence-electron chi connectivity index (χ4n) is 3.36. The largest absolute Gasteiger partial charge is 0.432 e. The second-order valence-corrected chi connectivity index (χ2v) is 6.38. The Bertz CT molecular complexity index is 688. The summed E-state index contributed by atoms with van der Waals surface area (Å²) in [5.74, 6) is 0.450. The number of halogens is 3. The molecule has 0 aromatic carbocycles. The molecule has 0 bridgehead atoms. The number of aryl methyl sites for hydroxylation is 2. The van der Waals surface area contributed by atoms with Gasteiger partial charge in [0.2, 0.25) is 0 Å². The fraction of sp³-hybridized carbons (Fsp3) is 0.625. The number of hydrogen-bond acceptors (Lipinski definition) is 3. The van der Waals surface area contributed by atoms with E-state index in [4.69, 9.17) is 0 Å². The number of imidazole rings is 1. The van der Waals surface area contributed by atoms with Gasteiger partial charge in [-0.1, -0.05) is 6.92 Å². The number of aromatic nitrogens is 4. The molecule has 0 spiro atoms. The number of nitrogens with zero attached hydrogens (tertiary/aromatic N) is 4. The normalized spacial score (nSPS) is 19.8. The van der Waals surface area contributed by atoms with Crippen LogP contribution in [0.2, 0.25) is 0 Å². The van der Waals surface area contributed by atoms with Crippen LogP contribution in [0.4, 0.5) is 13.2 Å². The lowest BCUT2D eigenvalue weighted by Crippen LogP contribution is -2.34. The van der Waals surface area contributed by atoms with Crippen LogP contribution in [-0.4, -0.2) is 37.7 Å². The molecule has 1 aliphatic heterocycles. The topological polar surface area (TPSA) is 49.7 Å². The standard InChI is InChI=1S/C16H22F3N5/c1-3-13-12(8-23(2)22-13)10-24-6-4-5-11(9-24)15-20-7-14(21-15)16(17,18)19/h7-8,11H,3-6,9-10H2,1-2H3,(H,20,21)/t11-/m1/s1. The molecule has 1 atom stereocenters. The Hall–Kier alpha value is -1.83. The summed E-state index contributed by atoms with van der Waals surface area (Å²) in [5, 5.41) is 4.45. The van der Waals surface area contributed by atoms with Crippen LogP contribution in [0, 0.1) is 0 Å². The minimum atomic E-state index is -4.37. The first-order valence-corrected chi connectivity index (χ1v) is 8.22. The van der Waals surface area contributed by atoms with Crippen molar-refractivity contribution in [3.05, 3.63) is 35.2 Å². The summed E-state index contributed by atoms with van der Waals surface area (Å²) in [6, 6.07) is 0. The highest BCUT2D eigenvalue weighted by Crippen LogP contribution is 2.31. The van der Waals surface area contributed by atoms with Crippen LogP contribution in [0.15, 0.2) is 12.4 Å². The van der Waals surface area contributed by atoms with Gasteiger partial charge in [0.05, 0.1) is 11.9 Å². The highest BCUT2D eigenvalue weighted by Gasteiger charge is 2.34. The van der Waals surface area contributed by atoms with Gasteiger partial charge in [-0.15, -0.1) is 0 Å². The second-order valence-electron chi connectivity index (χ2n) is 6.38. The van der Waals surface area contributed by atoms with Gasteiger partial charge in [-0.05, 0) is 25.8 Å². The van der Waals surface area contributed by atoms with E-state index in [2.05, 4.69) is 26.9 Å². The average molecular weight is 341 g/mol. The predicted molar refractivity (Wildman–Crippen MR) is 83.4 cm³/mol. The van der Waals surface area contributed by atoms with Gasteiger partial charge in [0.1, 0.15) is 11.5 Å². The Labute approximate surface area is 138 Å². The fourth-order valence-corrected chi connectivity index (χ4v) is 3.36. The summed E-state index contributed by atoms with van der Waals surface area (Å²) in [7, 11) is 1.91. The maximum Gasteiger partial charge on any atom is 0.432 e. The lowest BCUT2D eigenvalue weighted by Gasteiger charge is -2.31. The van der Waals surface area contributed by atoms with Crippen molar-refractivity contribution in [1.29, 1.82) is 0 Å². The van der Waals surface area contributed by atoms with Crippen molar-refractivity contribution in [3.63, 3.8) is 0 Å². The highest BCUT2D eigenvalue weighted by molar-refractivity contribution is 5.17. The molecule has 132 valence electrons. The molecule has 1 fully saturated rings. The molecule has 0 unspecified atom stereocenters. The smallest absolute Gasteiger partial charge is 0.338 e. The van der Waals surface area contributed by atoms with E-state index >= 15 is 0 Å². The van der Waals surface area contributed by atoms with E-state index in [0.29, 0.717) is 12.4 Å². The van der Waals surface area contributed by atoms with Gasteiger partial charge >= 0.3 is 6.18 Å². The van der Waals surface area contributed by atoms with Crippen molar-refractivity contribution < 1.29 is 13.2 Å². The first-order chi connectivity index (χ1) is 11.4. The SMILES string of the molecule is CCc1nn(C)cc1CN1CCC[C@@H](c2ncc(C(F)(F)F)[nH]2)C1. The molecular formula is C16H22F3N5. The van der Waals surface area contributed by atoms with Crippen molar-refractivity contribution >= 4 is 0 Å². The Kier molecular flexibility index (Phi) is 4.67. The third-order valence-electron chi connectivity index (χ3n) is 4.51. The molecule has 5 nitrogen and oxygen atoms in total. The molecule has 2 aromatic rings. The molecule has 1 aliphatic rings. The van der Waals surface area contributed by atoms with Crippen LogP contribution < -0.4 is 0 Å². The lowest BCUT2D eigenvalue weighted by molar-refractivity contribution is -0.141. The van der Waals surface area contributed by atoms with E-state index in [-0.39, 0.29) is 5.92 Å². The number of aromatic amines is 1. The van der Waals surface area contributed by atoms with E-state index < -0.39 is 11.9 Å². The van der Waals surface area contributed by atoms with Crippen LogP contribution in [0.1, 0.15) is 48.5 Å². The predicted octanol–water partition coefficient (Wildman–Crippen LogP) is 3.10. The third-order valence-corrected chi connectivity index (χ3v) is 4.51. The zero-order valence-electron chi connectivity index (χ0n) is 13.9.